The van der Waals surface area contributed by atoms with E-state index in [4.69, 9.17) is 9.47 Å². The second-order valence-electron chi connectivity index (χ2n) is 13.2. The van der Waals surface area contributed by atoms with Gasteiger partial charge in [-0.25, -0.2) is 0 Å². The zero-order valence-corrected chi connectivity index (χ0v) is 29.0. The van der Waals surface area contributed by atoms with Crippen molar-refractivity contribution in [3.05, 3.63) is 107 Å². The van der Waals surface area contributed by atoms with E-state index in [0.717, 1.165) is 62.4 Å². The van der Waals surface area contributed by atoms with Crippen molar-refractivity contribution in [2.75, 3.05) is 59.3 Å². The van der Waals surface area contributed by atoms with Crippen molar-refractivity contribution in [3.8, 4) is 22.6 Å². The molecule has 0 radical (unpaired) electrons. The van der Waals surface area contributed by atoms with Crippen LogP contribution < -0.4 is 14.8 Å². The number of hydrogen-bond acceptors (Lipinski definition) is 6. The topological polar surface area (TPSA) is 71.9 Å². The molecule has 1 fully saturated rings. The van der Waals surface area contributed by atoms with Gasteiger partial charge in [0.25, 0.3) is 5.91 Å². The molecule has 0 saturated carbocycles. The minimum atomic E-state index is -0.196. The second-order valence-corrected chi connectivity index (χ2v) is 13.2. The van der Waals surface area contributed by atoms with Crippen molar-refractivity contribution in [3.63, 3.8) is 0 Å². The number of likely N-dealkylation sites (N-methyl/N-ethyl adjacent to an activating group) is 1. The molecule has 3 heterocycles. The smallest absolute Gasteiger partial charge is 0.255 e. The Balaban J connectivity index is 1.12. The quantitative estimate of drug-likeness (QED) is 0.166. The summed E-state index contributed by atoms with van der Waals surface area (Å²) >= 11 is 0. The number of fused-ring (bicyclic) bond motifs is 1. The van der Waals surface area contributed by atoms with Crippen LogP contribution >= 0.6 is 0 Å². The lowest BCUT2D eigenvalue weighted by molar-refractivity contribution is 0.102. The molecule has 0 aliphatic carbocycles. The fraction of sp³-hybridized carbons (Fsp3) is 0.350. The van der Waals surface area contributed by atoms with Crippen LogP contribution in [0.2, 0.25) is 0 Å². The molecule has 8 heteroatoms. The van der Waals surface area contributed by atoms with E-state index in [9.17, 15) is 4.79 Å². The summed E-state index contributed by atoms with van der Waals surface area (Å²) in [5.41, 5.74) is 9.34. The number of amides is 1. The maximum absolute atomic E-state index is 13.2. The molecule has 1 unspecified atom stereocenters. The molecule has 3 aromatic carbocycles. The van der Waals surface area contributed by atoms with Gasteiger partial charge in [0.05, 0.1) is 19.8 Å². The molecule has 5 aromatic rings. The number of hydrogen-bond donors (Lipinski definition) is 1. The standard InChI is InChI=1S/C40H47N5O3/c1-27(25-44-19-17-43(4)18-20-44)26-45-29(3)28(2)35-22-31(9-12-36(35)45)21-30-7-10-33(11-8-30)40(46)42-34-23-37(47-5)39(38(24-34)48-6)32-13-15-41-16-14-32/h7-16,22-24,27H,17-21,25-26H2,1-6H3,(H,42,46). The molecule has 48 heavy (non-hydrogen) atoms. The van der Waals surface area contributed by atoms with E-state index >= 15 is 0 Å². The van der Waals surface area contributed by atoms with E-state index in [1.54, 1.807) is 26.6 Å². The van der Waals surface area contributed by atoms with Gasteiger partial charge in [-0.1, -0.05) is 25.1 Å². The maximum Gasteiger partial charge on any atom is 0.255 e. The number of piperazine rings is 1. The minimum Gasteiger partial charge on any atom is -0.496 e. The number of rotatable bonds is 11. The molecule has 6 rings (SSSR count). The summed E-state index contributed by atoms with van der Waals surface area (Å²) in [6.45, 7) is 13.7. The Bertz CT molecular complexity index is 1850. The predicted octanol–water partition coefficient (Wildman–Crippen LogP) is 7.06. The number of carbonyl (C=O) groups is 1. The number of methoxy groups -OCH3 is 2. The summed E-state index contributed by atoms with van der Waals surface area (Å²) in [5, 5.41) is 4.34. The van der Waals surface area contributed by atoms with Gasteiger partial charge in [0.1, 0.15) is 11.5 Å². The zero-order chi connectivity index (χ0) is 33.8. The van der Waals surface area contributed by atoms with Crippen LogP contribution in [0.1, 0.15) is 39.7 Å². The molecule has 1 aliphatic heterocycles. The van der Waals surface area contributed by atoms with Gasteiger partial charge in [-0.2, -0.15) is 0 Å². The van der Waals surface area contributed by atoms with Gasteiger partial charge in [-0.05, 0) is 91.9 Å². The van der Waals surface area contributed by atoms with Gasteiger partial charge in [-0.15, -0.1) is 0 Å². The van der Waals surface area contributed by atoms with Crippen LogP contribution in [0.25, 0.3) is 22.0 Å². The van der Waals surface area contributed by atoms with Crippen molar-refractivity contribution in [2.24, 2.45) is 5.92 Å². The van der Waals surface area contributed by atoms with Crippen LogP contribution in [0.15, 0.2) is 79.1 Å². The van der Waals surface area contributed by atoms with E-state index in [2.05, 4.69) is 70.7 Å². The molecule has 2 aromatic heterocycles. The number of pyridine rings is 1. The monoisotopic (exact) mass is 645 g/mol. The Labute approximate surface area is 284 Å². The van der Waals surface area contributed by atoms with E-state index in [1.807, 2.05) is 48.5 Å². The third-order valence-corrected chi connectivity index (χ3v) is 9.72. The summed E-state index contributed by atoms with van der Waals surface area (Å²) in [6, 6.07) is 22.1. The summed E-state index contributed by atoms with van der Waals surface area (Å²) in [6.07, 6.45) is 4.25. The molecular formula is C40H47N5O3. The van der Waals surface area contributed by atoms with E-state index < -0.39 is 0 Å². The largest absolute Gasteiger partial charge is 0.496 e. The number of nitrogens with one attached hydrogen (secondary N) is 1. The second kappa shape index (κ2) is 14.6. The SMILES string of the molecule is COc1cc(NC(=O)c2ccc(Cc3ccc4c(c3)c(C)c(C)n4CC(C)CN3CCN(C)CC3)cc2)cc(OC)c1-c1ccncc1. The lowest BCUT2D eigenvalue weighted by Crippen LogP contribution is -2.46. The van der Waals surface area contributed by atoms with Crippen LogP contribution in [0.5, 0.6) is 11.5 Å². The molecule has 1 aliphatic rings. The van der Waals surface area contributed by atoms with E-state index in [1.165, 1.54) is 27.7 Å². The summed E-state index contributed by atoms with van der Waals surface area (Å²) < 4.78 is 13.9. The number of aryl methyl sites for hydroxylation is 1. The third-order valence-electron chi connectivity index (χ3n) is 9.72. The van der Waals surface area contributed by atoms with Gasteiger partial charge < -0.3 is 29.2 Å². The van der Waals surface area contributed by atoms with Crippen molar-refractivity contribution >= 4 is 22.5 Å². The lowest BCUT2D eigenvalue weighted by atomic mass is 10.0. The number of carbonyl (C=O) groups excluding carboxylic acids is 1. The maximum atomic E-state index is 13.2. The first-order chi connectivity index (χ1) is 23.2. The minimum absolute atomic E-state index is 0.196. The number of aromatic nitrogens is 2. The highest BCUT2D eigenvalue weighted by molar-refractivity contribution is 6.04. The average Bonchev–Trinajstić information content (AvgIpc) is 3.33. The fourth-order valence-electron chi connectivity index (χ4n) is 6.88. The summed E-state index contributed by atoms with van der Waals surface area (Å²) in [5.74, 6) is 1.58. The van der Waals surface area contributed by atoms with Gasteiger partial charge in [0.2, 0.25) is 0 Å². The Morgan fingerprint density at radius 2 is 1.50 bits per heavy atom. The molecule has 1 saturated heterocycles. The zero-order valence-electron chi connectivity index (χ0n) is 29.0. The highest BCUT2D eigenvalue weighted by Gasteiger charge is 2.20. The van der Waals surface area contributed by atoms with Crippen molar-refractivity contribution in [2.45, 2.75) is 33.7 Å². The highest BCUT2D eigenvalue weighted by Crippen LogP contribution is 2.41. The predicted molar refractivity (Wildman–Crippen MR) is 194 cm³/mol. The summed E-state index contributed by atoms with van der Waals surface area (Å²) in [4.78, 5) is 22.4. The molecule has 1 atom stereocenters. The van der Waals surface area contributed by atoms with Gasteiger partial charge in [0.15, 0.2) is 0 Å². The molecule has 8 nitrogen and oxygen atoms in total. The highest BCUT2D eigenvalue weighted by atomic mass is 16.5. The molecular weight excluding hydrogens is 598 g/mol. The Morgan fingerprint density at radius 1 is 0.854 bits per heavy atom. The first kappa shape index (κ1) is 33.2. The number of ether oxygens (including phenoxy) is 2. The number of benzene rings is 3. The van der Waals surface area contributed by atoms with Crippen LogP contribution in [-0.2, 0) is 13.0 Å². The van der Waals surface area contributed by atoms with Gasteiger partial charge in [0, 0.05) is 91.6 Å². The first-order valence-electron chi connectivity index (χ1n) is 16.8. The van der Waals surface area contributed by atoms with Crippen LogP contribution in [0.4, 0.5) is 5.69 Å². The Morgan fingerprint density at radius 3 is 2.15 bits per heavy atom. The molecule has 0 bridgehead atoms. The first-order valence-corrected chi connectivity index (χ1v) is 16.8. The van der Waals surface area contributed by atoms with Crippen LogP contribution in [0.3, 0.4) is 0 Å². The van der Waals surface area contributed by atoms with Crippen molar-refractivity contribution in [1.29, 1.82) is 0 Å². The lowest BCUT2D eigenvalue weighted by Gasteiger charge is -2.34. The van der Waals surface area contributed by atoms with E-state index in [-0.39, 0.29) is 5.91 Å². The summed E-state index contributed by atoms with van der Waals surface area (Å²) in [7, 11) is 5.43. The Hall–Kier alpha value is -4.66. The van der Waals surface area contributed by atoms with Crippen molar-refractivity contribution in [1.82, 2.24) is 19.4 Å². The average molecular weight is 646 g/mol. The fourth-order valence-corrected chi connectivity index (χ4v) is 6.88. The number of nitrogens with zero attached hydrogens (tertiary/aromatic N) is 4. The molecule has 1 amide bonds. The van der Waals surface area contributed by atoms with Crippen LogP contribution in [0, 0.1) is 19.8 Å². The molecule has 250 valence electrons. The van der Waals surface area contributed by atoms with E-state index in [0.29, 0.717) is 28.7 Å². The molecule has 0 spiro atoms. The molecule has 1 N–H and O–H groups in total. The van der Waals surface area contributed by atoms with Crippen LogP contribution in [-0.4, -0.2) is 79.2 Å². The number of anilines is 1. The third kappa shape index (κ3) is 7.25. The van der Waals surface area contributed by atoms with Gasteiger partial charge >= 0.3 is 0 Å². The Kier molecular flexibility index (Phi) is 10.1. The normalized spacial score (nSPS) is 14.6. The van der Waals surface area contributed by atoms with Crippen molar-refractivity contribution < 1.29 is 14.3 Å². The van der Waals surface area contributed by atoms with Gasteiger partial charge in [-0.3, -0.25) is 9.78 Å².